The number of amides is 1. The average Bonchev–Trinajstić information content (AvgIpc) is 3.14. The lowest BCUT2D eigenvalue weighted by Gasteiger charge is -2.52. The summed E-state index contributed by atoms with van der Waals surface area (Å²) in [6.45, 7) is 0.729. The number of hydrogen-bond acceptors (Lipinski definition) is 5. The quantitative estimate of drug-likeness (QED) is 0.872. The molecule has 5 rings (SSSR count). The number of carbonyl (C=O) groups excluding carboxylic acids is 1. The Morgan fingerprint density at radius 2 is 2.00 bits per heavy atom. The zero-order valence-corrected chi connectivity index (χ0v) is 14.7. The van der Waals surface area contributed by atoms with Crippen molar-refractivity contribution in [3.63, 3.8) is 0 Å². The molecule has 26 heavy (non-hydrogen) atoms. The van der Waals surface area contributed by atoms with Crippen molar-refractivity contribution in [2.45, 2.75) is 50.1 Å². The van der Waals surface area contributed by atoms with Gasteiger partial charge in [-0.05, 0) is 37.8 Å². The molecular weight excluding hydrogens is 326 g/mol. The van der Waals surface area contributed by atoms with E-state index in [9.17, 15) is 4.79 Å². The van der Waals surface area contributed by atoms with Crippen molar-refractivity contribution in [3.8, 4) is 0 Å². The van der Waals surface area contributed by atoms with Crippen LogP contribution in [0.15, 0.2) is 36.5 Å². The van der Waals surface area contributed by atoms with E-state index in [1.54, 1.807) is 0 Å². The first-order chi connectivity index (χ1) is 12.8. The Kier molecular flexibility index (Phi) is 3.58. The lowest BCUT2D eigenvalue weighted by molar-refractivity contribution is -0.125. The van der Waals surface area contributed by atoms with Gasteiger partial charge in [-0.25, -0.2) is 4.98 Å². The van der Waals surface area contributed by atoms with Crippen LogP contribution in [0.1, 0.15) is 37.7 Å². The van der Waals surface area contributed by atoms with E-state index >= 15 is 0 Å². The summed E-state index contributed by atoms with van der Waals surface area (Å²) in [6, 6.07) is 9.85. The summed E-state index contributed by atoms with van der Waals surface area (Å²) in [5.41, 5.74) is 2.14. The number of para-hydroxylation sites is 1. The molecule has 6 heteroatoms. The number of anilines is 3. The average molecular weight is 349 g/mol. The number of carbonyl (C=O) groups is 1. The largest absolute Gasteiger partial charge is 0.352 e. The SMILES string of the molecule is O=C1NCC2(CCCC2)N2c3nc(Nc4ccccc4)ncc3CCC12. The molecule has 6 nitrogen and oxygen atoms in total. The van der Waals surface area contributed by atoms with Crippen LogP contribution in [0, 0.1) is 0 Å². The fourth-order valence-electron chi connectivity index (χ4n) is 4.77. The van der Waals surface area contributed by atoms with Gasteiger partial charge in [-0.3, -0.25) is 4.79 Å². The van der Waals surface area contributed by atoms with Gasteiger partial charge >= 0.3 is 0 Å². The summed E-state index contributed by atoms with van der Waals surface area (Å²) in [6.07, 6.45) is 8.30. The van der Waals surface area contributed by atoms with Crippen LogP contribution in [0.5, 0.6) is 0 Å². The minimum absolute atomic E-state index is 0.0200. The molecule has 134 valence electrons. The molecule has 2 fully saturated rings. The zero-order chi connectivity index (χ0) is 17.6. The van der Waals surface area contributed by atoms with E-state index < -0.39 is 0 Å². The molecule has 3 aliphatic rings. The van der Waals surface area contributed by atoms with E-state index in [4.69, 9.17) is 4.98 Å². The Morgan fingerprint density at radius 1 is 1.19 bits per heavy atom. The van der Waals surface area contributed by atoms with E-state index in [2.05, 4.69) is 20.5 Å². The molecule has 1 aromatic carbocycles. The molecule has 0 radical (unpaired) electrons. The Morgan fingerprint density at radius 3 is 2.81 bits per heavy atom. The monoisotopic (exact) mass is 349 g/mol. The third kappa shape index (κ3) is 2.43. The molecule has 1 unspecified atom stereocenters. The first-order valence-electron chi connectivity index (χ1n) is 9.50. The minimum atomic E-state index is -0.103. The number of aromatic nitrogens is 2. The van der Waals surface area contributed by atoms with Crippen molar-refractivity contribution < 1.29 is 4.79 Å². The van der Waals surface area contributed by atoms with Crippen LogP contribution < -0.4 is 15.5 Å². The van der Waals surface area contributed by atoms with E-state index in [1.807, 2.05) is 36.5 Å². The maximum absolute atomic E-state index is 12.5. The molecule has 1 saturated carbocycles. The highest BCUT2D eigenvalue weighted by Gasteiger charge is 2.50. The molecular formula is C20H23N5O. The lowest BCUT2D eigenvalue weighted by atomic mass is 9.85. The smallest absolute Gasteiger partial charge is 0.242 e. The summed E-state index contributed by atoms with van der Waals surface area (Å²) in [4.78, 5) is 24.3. The van der Waals surface area contributed by atoms with Crippen LogP contribution >= 0.6 is 0 Å². The maximum Gasteiger partial charge on any atom is 0.242 e. The van der Waals surface area contributed by atoms with Crippen LogP contribution in [0.3, 0.4) is 0 Å². The van der Waals surface area contributed by atoms with Crippen molar-refractivity contribution in [3.05, 3.63) is 42.1 Å². The van der Waals surface area contributed by atoms with E-state index in [0.717, 1.165) is 49.3 Å². The van der Waals surface area contributed by atoms with E-state index in [1.165, 1.54) is 12.8 Å². The summed E-state index contributed by atoms with van der Waals surface area (Å²) < 4.78 is 0. The Bertz CT molecular complexity index is 831. The second-order valence-electron chi connectivity index (χ2n) is 7.61. The number of rotatable bonds is 2. The van der Waals surface area contributed by atoms with Gasteiger partial charge in [0.15, 0.2) is 0 Å². The normalized spacial score (nSPS) is 23.3. The third-order valence-corrected chi connectivity index (χ3v) is 6.04. The van der Waals surface area contributed by atoms with Crippen molar-refractivity contribution in [1.29, 1.82) is 0 Å². The fourth-order valence-corrected chi connectivity index (χ4v) is 4.77. The molecule has 1 saturated heterocycles. The van der Waals surface area contributed by atoms with Gasteiger partial charge in [0.2, 0.25) is 11.9 Å². The number of nitrogens with zero attached hydrogens (tertiary/aromatic N) is 3. The van der Waals surface area contributed by atoms with Gasteiger partial charge < -0.3 is 15.5 Å². The number of fused-ring (bicyclic) bond motifs is 4. The summed E-state index contributed by atoms with van der Waals surface area (Å²) in [7, 11) is 0. The number of hydrogen-bond donors (Lipinski definition) is 2. The number of nitrogens with one attached hydrogen (secondary N) is 2. The van der Waals surface area contributed by atoms with Crippen molar-refractivity contribution in [2.24, 2.45) is 0 Å². The number of benzene rings is 1. The van der Waals surface area contributed by atoms with Gasteiger partial charge in [0.05, 0.1) is 5.54 Å². The van der Waals surface area contributed by atoms with Crippen molar-refractivity contribution >= 4 is 23.4 Å². The van der Waals surface area contributed by atoms with Crippen LogP contribution in [-0.2, 0) is 11.2 Å². The van der Waals surface area contributed by atoms with Crippen LogP contribution in [0.25, 0.3) is 0 Å². The second-order valence-corrected chi connectivity index (χ2v) is 7.61. The van der Waals surface area contributed by atoms with Gasteiger partial charge in [-0.2, -0.15) is 4.98 Å². The molecule has 1 amide bonds. The molecule has 2 aromatic rings. The molecule has 2 N–H and O–H groups in total. The van der Waals surface area contributed by atoms with Crippen LogP contribution in [0.2, 0.25) is 0 Å². The molecule has 2 aliphatic heterocycles. The highest BCUT2D eigenvalue weighted by Crippen LogP contribution is 2.44. The highest BCUT2D eigenvalue weighted by atomic mass is 16.2. The first-order valence-corrected chi connectivity index (χ1v) is 9.50. The van der Waals surface area contributed by atoms with Gasteiger partial charge in [0.25, 0.3) is 0 Å². The van der Waals surface area contributed by atoms with Gasteiger partial charge in [0, 0.05) is 24.0 Å². The Labute approximate surface area is 153 Å². The molecule has 1 aliphatic carbocycles. The zero-order valence-electron chi connectivity index (χ0n) is 14.7. The summed E-state index contributed by atoms with van der Waals surface area (Å²) in [5.74, 6) is 1.69. The standard InChI is InChI=1S/C20H23N5O/c26-18-16-9-8-14-12-21-19(23-15-6-2-1-3-7-15)24-17(14)25(16)20(13-22-18)10-4-5-11-20/h1-3,6-7,12,16H,4-5,8-11,13H2,(H,22,26)(H,21,23,24). The van der Waals surface area contributed by atoms with Crippen molar-refractivity contribution in [2.75, 3.05) is 16.8 Å². The predicted molar refractivity (Wildman–Crippen MR) is 101 cm³/mol. The number of aryl methyl sites for hydroxylation is 1. The van der Waals surface area contributed by atoms with Crippen LogP contribution in [-0.4, -0.2) is 34.0 Å². The highest BCUT2D eigenvalue weighted by molar-refractivity contribution is 5.88. The lowest BCUT2D eigenvalue weighted by Crippen LogP contribution is -2.68. The van der Waals surface area contributed by atoms with Gasteiger partial charge in [-0.1, -0.05) is 31.0 Å². The first kappa shape index (κ1) is 15.6. The summed E-state index contributed by atoms with van der Waals surface area (Å²) in [5, 5.41) is 6.45. The van der Waals surface area contributed by atoms with Crippen molar-refractivity contribution in [1.82, 2.24) is 15.3 Å². The Hall–Kier alpha value is -2.63. The number of piperazine rings is 1. The molecule has 1 atom stereocenters. The third-order valence-electron chi connectivity index (χ3n) is 6.04. The van der Waals surface area contributed by atoms with Gasteiger partial charge in [-0.15, -0.1) is 0 Å². The second kappa shape index (κ2) is 5.97. The maximum atomic E-state index is 12.5. The molecule has 1 aromatic heterocycles. The molecule has 3 heterocycles. The Balaban J connectivity index is 1.55. The van der Waals surface area contributed by atoms with E-state index in [0.29, 0.717) is 5.95 Å². The van der Waals surface area contributed by atoms with Crippen LogP contribution in [0.4, 0.5) is 17.5 Å². The fraction of sp³-hybridized carbons (Fsp3) is 0.450. The topological polar surface area (TPSA) is 70.2 Å². The van der Waals surface area contributed by atoms with Gasteiger partial charge in [0.1, 0.15) is 11.9 Å². The molecule has 1 spiro atoms. The minimum Gasteiger partial charge on any atom is -0.352 e. The van der Waals surface area contributed by atoms with E-state index in [-0.39, 0.29) is 17.5 Å². The summed E-state index contributed by atoms with van der Waals surface area (Å²) >= 11 is 0. The predicted octanol–water partition coefficient (Wildman–Crippen LogP) is 2.78. The molecule has 0 bridgehead atoms.